The van der Waals surface area contributed by atoms with E-state index in [0.717, 1.165) is 22.5 Å². The number of aromatic nitrogens is 1. The maximum atomic E-state index is 6.99. The Kier molecular flexibility index (Phi) is 4.45. The van der Waals surface area contributed by atoms with E-state index in [0.29, 0.717) is 5.69 Å². The van der Waals surface area contributed by atoms with E-state index in [4.69, 9.17) is 6.57 Å². The van der Waals surface area contributed by atoms with Crippen LogP contribution in [0.4, 0.5) is 5.69 Å². The number of allylic oxidation sites excluding steroid dienone is 2. The molecule has 0 saturated carbocycles. The van der Waals surface area contributed by atoms with E-state index in [-0.39, 0.29) is 19.5 Å². The summed E-state index contributed by atoms with van der Waals surface area (Å²) in [5, 5.41) is 0. The predicted molar refractivity (Wildman–Crippen MR) is 76.1 cm³/mol. The molecule has 0 bridgehead atoms. The van der Waals surface area contributed by atoms with E-state index in [1.165, 1.54) is 0 Å². The van der Waals surface area contributed by atoms with E-state index < -0.39 is 0 Å². The molecule has 0 atom stereocenters. The van der Waals surface area contributed by atoms with Crippen LogP contribution in [0.3, 0.4) is 0 Å². The Morgan fingerprint density at radius 2 is 1.95 bits per heavy atom. The fourth-order valence-corrected chi connectivity index (χ4v) is 2.03. The third-order valence-electron chi connectivity index (χ3n) is 2.90. The van der Waals surface area contributed by atoms with Crippen molar-refractivity contribution in [1.29, 1.82) is 0 Å². The molecule has 0 unspecified atom stereocenters. The van der Waals surface area contributed by atoms with Crippen molar-refractivity contribution in [1.82, 2.24) is 4.98 Å². The molecular weight excluding hydrogens is 300 g/mol. The van der Waals surface area contributed by atoms with Gasteiger partial charge >= 0.3 is 0 Å². The summed E-state index contributed by atoms with van der Waals surface area (Å²) < 4.78 is 0. The summed E-state index contributed by atoms with van der Waals surface area (Å²) in [6, 6.07) is 11.4. The van der Waals surface area contributed by atoms with Crippen molar-refractivity contribution in [3.05, 3.63) is 83.1 Å². The number of rotatable bonds is 2. The molecule has 20 heavy (non-hydrogen) atoms. The number of hydrogen-bond donors (Lipinski definition) is 0. The first kappa shape index (κ1) is 14.2. The number of nitrogens with zero attached hydrogens (tertiary/aromatic N) is 3. The fraction of sp³-hybridized carbons (Fsp3) is 0. The van der Waals surface area contributed by atoms with Crippen molar-refractivity contribution in [2.75, 3.05) is 0 Å². The van der Waals surface area contributed by atoms with Gasteiger partial charge in [0.2, 0.25) is 0 Å². The van der Waals surface area contributed by atoms with Gasteiger partial charge in [0.1, 0.15) is 0 Å². The van der Waals surface area contributed by atoms with E-state index in [2.05, 4.69) is 14.8 Å². The molecule has 3 rings (SSSR count). The van der Waals surface area contributed by atoms with Crippen molar-refractivity contribution >= 4 is 17.5 Å². The zero-order chi connectivity index (χ0) is 13.1. The minimum atomic E-state index is 0. The summed E-state index contributed by atoms with van der Waals surface area (Å²) in [5.41, 5.74) is 4.44. The second kappa shape index (κ2) is 6.28. The Morgan fingerprint density at radius 1 is 1.15 bits per heavy atom. The first-order valence-electron chi connectivity index (χ1n) is 5.89. The average molecular weight is 310 g/mol. The molecule has 2 heterocycles. The van der Waals surface area contributed by atoms with Crippen LogP contribution < -0.4 is 4.98 Å². The molecule has 2 aromatic rings. The van der Waals surface area contributed by atoms with Crippen LogP contribution in [-0.4, -0.2) is 6.21 Å². The Hall–Kier alpha value is -2.24. The Bertz CT molecular complexity index is 700. The molecule has 0 aliphatic carbocycles. The van der Waals surface area contributed by atoms with Gasteiger partial charge in [0.05, 0.1) is 12.3 Å². The Balaban J connectivity index is 0.00000147. The minimum absolute atomic E-state index is 0. The van der Waals surface area contributed by atoms with Gasteiger partial charge in [0, 0.05) is 25.7 Å². The molecule has 3 nitrogen and oxygen atoms in total. The zero-order valence-electron chi connectivity index (χ0n) is 10.8. The maximum Gasteiger partial charge on any atom is 0.187 e. The normalized spacial score (nSPS) is 14.8. The SMILES string of the molecule is [C-]#[N+]c1ccc(/C(=C2\C=CC=N2)c2ccc[n-]2)cc1.[Zn]. The summed E-state index contributed by atoms with van der Waals surface area (Å²) in [4.78, 5) is 12.1. The molecule has 1 aromatic heterocycles. The van der Waals surface area contributed by atoms with Gasteiger partial charge in [0.15, 0.2) is 5.69 Å². The van der Waals surface area contributed by atoms with Gasteiger partial charge < -0.3 is 4.98 Å². The number of aliphatic imine (C=N–C) groups is 1. The minimum Gasteiger partial charge on any atom is -0.664 e. The van der Waals surface area contributed by atoms with Crippen LogP contribution in [0.25, 0.3) is 10.4 Å². The molecule has 0 N–H and O–H groups in total. The Labute approximate surface area is 130 Å². The van der Waals surface area contributed by atoms with Crippen molar-refractivity contribution in [2.24, 2.45) is 4.99 Å². The van der Waals surface area contributed by atoms with Crippen molar-refractivity contribution in [3.8, 4) is 0 Å². The second-order valence-electron chi connectivity index (χ2n) is 4.08. The van der Waals surface area contributed by atoms with Gasteiger partial charge in [-0.05, 0) is 23.3 Å². The summed E-state index contributed by atoms with van der Waals surface area (Å²) >= 11 is 0. The summed E-state index contributed by atoms with van der Waals surface area (Å²) in [5.74, 6) is 0. The van der Waals surface area contributed by atoms with Gasteiger partial charge in [0.25, 0.3) is 0 Å². The first-order valence-corrected chi connectivity index (χ1v) is 5.89. The molecule has 1 aliphatic rings. The van der Waals surface area contributed by atoms with E-state index in [9.17, 15) is 0 Å². The zero-order valence-corrected chi connectivity index (χ0v) is 13.8. The predicted octanol–water partition coefficient (Wildman–Crippen LogP) is 3.59. The van der Waals surface area contributed by atoms with Crippen LogP contribution in [0.5, 0.6) is 0 Å². The van der Waals surface area contributed by atoms with Crippen LogP contribution in [0.15, 0.2) is 65.4 Å². The fourth-order valence-electron chi connectivity index (χ4n) is 2.03. The van der Waals surface area contributed by atoms with Gasteiger partial charge in [-0.15, -0.1) is 5.69 Å². The standard InChI is InChI=1S/C16H10N3.Zn/c1-17-13-8-6-12(7-9-13)16(14-4-2-10-18-14)15-5-3-11-19-15;/h2-11H;/q-1;/b16-14-;. The molecule has 0 saturated heterocycles. The van der Waals surface area contributed by atoms with E-state index in [1.807, 2.05) is 48.6 Å². The molecule has 0 fully saturated rings. The molecule has 0 spiro atoms. The van der Waals surface area contributed by atoms with Crippen LogP contribution >= 0.6 is 0 Å². The molecule has 0 radical (unpaired) electrons. The molecule has 4 heteroatoms. The third-order valence-corrected chi connectivity index (χ3v) is 2.90. The molecule has 92 valence electrons. The van der Waals surface area contributed by atoms with E-state index in [1.54, 1.807) is 12.4 Å². The van der Waals surface area contributed by atoms with Crippen molar-refractivity contribution in [3.63, 3.8) is 0 Å². The van der Waals surface area contributed by atoms with Gasteiger partial charge in [-0.1, -0.05) is 36.4 Å². The molecule has 1 aromatic carbocycles. The van der Waals surface area contributed by atoms with Gasteiger partial charge in [-0.2, -0.15) is 6.20 Å². The van der Waals surface area contributed by atoms with Gasteiger partial charge in [-0.3, -0.25) is 4.99 Å². The summed E-state index contributed by atoms with van der Waals surface area (Å²) in [6.45, 7) is 6.99. The monoisotopic (exact) mass is 308 g/mol. The smallest absolute Gasteiger partial charge is 0.187 e. The molecular formula is C16H10N3Zn-. The van der Waals surface area contributed by atoms with Crippen LogP contribution in [-0.2, 0) is 19.5 Å². The van der Waals surface area contributed by atoms with Crippen molar-refractivity contribution < 1.29 is 19.5 Å². The maximum absolute atomic E-state index is 6.99. The van der Waals surface area contributed by atoms with Crippen LogP contribution in [0, 0.1) is 6.57 Å². The van der Waals surface area contributed by atoms with E-state index >= 15 is 0 Å². The van der Waals surface area contributed by atoms with Crippen LogP contribution in [0.2, 0.25) is 0 Å². The number of benzene rings is 1. The quantitative estimate of drug-likeness (QED) is 0.616. The summed E-state index contributed by atoms with van der Waals surface area (Å²) in [7, 11) is 0. The van der Waals surface area contributed by atoms with Crippen molar-refractivity contribution in [2.45, 2.75) is 0 Å². The van der Waals surface area contributed by atoms with Gasteiger partial charge in [-0.25, -0.2) is 4.85 Å². The Morgan fingerprint density at radius 3 is 2.50 bits per heavy atom. The van der Waals surface area contributed by atoms with Crippen LogP contribution in [0.1, 0.15) is 11.3 Å². The molecule has 1 aliphatic heterocycles. The first-order chi connectivity index (χ1) is 9.38. The third kappa shape index (κ3) is 2.69. The summed E-state index contributed by atoms with van der Waals surface area (Å²) in [6.07, 6.45) is 7.41. The second-order valence-corrected chi connectivity index (χ2v) is 4.08. The topological polar surface area (TPSA) is 30.8 Å². The number of hydrogen-bond acceptors (Lipinski definition) is 1. The average Bonchev–Trinajstić information content (AvgIpc) is 3.13. The largest absolute Gasteiger partial charge is 0.664 e. The molecule has 0 amide bonds.